The number of nitrogens with one attached hydrogen (secondary N) is 1. The Kier molecular flexibility index (Phi) is 4.73. The van der Waals surface area contributed by atoms with Gasteiger partial charge in [0.25, 0.3) is 7.52 Å². The molecule has 20 heavy (non-hydrogen) atoms. The third-order valence-electron chi connectivity index (χ3n) is 2.69. The molecule has 1 aromatic heterocycles. The molecule has 5 nitrogen and oxygen atoms in total. The topological polar surface area (TPSA) is 86.6 Å². The third kappa shape index (κ3) is 4.02. The number of rotatable bonds is 6. The van der Waals surface area contributed by atoms with Gasteiger partial charge in [-0.3, -0.25) is 9.36 Å². The summed E-state index contributed by atoms with van der Waals surface area (Å²) in [4.78, 5) is 21.2. The van der Waals surface area contributed by atoms with Crippen molar-refractivity contribution in [1.82, 2.24) is 5.09 Å². The normalized spacial score (nSPS) is 15.4. The number of hydrogen-bond acceptors (Lipinski definition) is 3. The van der Waals surface area contributed by atoms with E-state index in [4.69, 9.17) is 0 Å². The standard InChI is InChI=1S/C13H14NO4PS/c15-13(16)12(11-4-2-1-3-5-11)14-19(17,18)8-10-6-7-20-9-10/h1-7,9,12H,8H2,(H,15,16)(H2,14,17,18). The van der Waals surface area contributed by atoms with Crippen LogP contribution in [0.15, 0.2) is 47.2 Å². The van der Waals surface area contributed by atoms with Crippen molar-refractivity contribution in [2.75, 3.05) is 0 Å². The Balaban J connectivity index is 2.16. The van der Waals surface area contributed by atoms with Gasteiger partial charge in [0.1, 0.15) is 6.04 Å². The molecule has 2 aromatic rings. The van der Waals surface area contributed by atoms with Crippen LogP contribution in [0.5, 0.6) is 0 Å². The van der Waals surface area contributed by atoms with Gasteiger partial charge in [0.2, 0.25) is 0 Å². The minimum Gasteiger partial charge on any atom is -0.480 e. The monoisotopic (exact) mass is 311 g/mol. The fourth-order valence-corrected chi connectivity index (χ4v) is 4.03. The largest absolute Gasteiger partial charge is 0.480 e. The Morgan fingerprint density at radius 2 is 2.00 bits per heavy atom. The van der Waals surface area contributed by atoms with Crippen molar-refractivity contribution >= 4 is 24.8 Å². The van der Waals surface area contributed by atoms with Crippen LogP contribution in [0, 0.1) is 0 Å². The van der Waals surface area contributed by atoms with E-state index in [0.29, 0.717) is 11.1 Å². The summed E-state index contributed by atoms with van der Waals surface area (Å²) in [7, 11) is -3.78. The maximum absolute atomic E-state index is 12.2. The van der Waals surface area contributed by atoms with Crippen molar-refractivity contribution in [3.05, 3.63) is 58.3 Å². The molecule has 0 aliphatic heterocycles. The van der Waals surface area contributed by atoms with Gasteiger partial charge >= 0.3 is 5.97 Å². The summed E-state index contributed by atoms with van der Waals surface area (Å²) in [5.74, 6) is -1.18. The Morgan fingerprint density at radius 3 is 2.55 bits per heavy atom. The van der Waals surface area contributed by atoms with Gasteiger partial charge in [-0.1, -0.05) is 30.3 Å². The molecule has 0 saturated heterocycles. The van der Waals surface area contributed by atoms with E-state index < -0.39 is 19.5 Å². The van der Waals surface area contributed by atoms with Crippen LogP contribution < -0.4 is 5.09 Å². The maximum Gasteiger partial charge on any atom is 0.325 e. The van der Waals surface area contributed by atoms with Crippen molar-refractivity contribution in [3.63, 3.8) is 0 Å². The highest BCUT2D eigenvalue weighted by atomic mass is 32.1. The van der Waals surface area contributed by atoms with E-state index in [1.165, 1.54) is 11.3 Å². The van der Waals surface area contributed by atoms with Crippen LogP contribution in [0.25, 0.3) is 0 Å². The number of thiophene rings is 1. The summed E-state index contributed by atoms with van der Waals surface area (Å²) < 4.78 is 12.2. The lowest BCUT2D eigenvalue weighted by atomic mass is 10.1. The van der Waals surface area contributed by atoms with Crippen LogP contribution in [-0.4, -0.2) is 16.0 Å². The molecule has 1 aromatic carbocycles. The molecule has 0 aliphatic carbocycles. The molecular formula is C13H14NO4PS. The molecule has 2 atom stereocenters. The second-order valence-electron chi connectivity index (χ2n) is 4.30. The van der Waals surface area contributed by atoms with Crippen LogP contribution in [0.3, 0.4) is 0 Å². The Bertz CT molecular complexity index is 615. The fourth-order valence-electron chi connectivity index (χ4n) is 1.80. The second-order valence-corrected chi connectivity index (χ2v) is 7.06. The van der Waals surface area contributed by atoms with Crippen LogP contribution in [-0.2, 0) is 15.5 Å². The molecule has 0 bridgehead atoms. The molecule has 1 heterocycles. The predicted octanol–water partition coefficient (Wildman–Crippen LogP) is 2.85. The molecule has 3 N–H and O–H groups in total. The van der Waals surface area contributed by atoms with E-state index in [-0.39, 0.29) is 6.16 Å². The average molecular weight is 311 g/mol. The zero-order chi connectivity index (χ0) is 14.6. The van der Waals surface area contributed by atoms with Crippen molar-refractivity contribution in [2.24, 2.45) is 0 Å². The minimum atomic E-state index is -3.78. The van der Waals surface area contributed by atoms with E-state index in [1.807, 2.05) is 0 Å². The Hall–Kier alpha value is -1.46. The molecule has 7 heteroatoms. The van der Waals surface area contributed by atoms with Gasteiger partial charge in [-0.2, -0.15) is 11.3 Å². The molecule has 0 amide bonds. The molecule has 0 aliphatic rings. The highest BCUT2D eigenvalue weighted by Gasteiger charge is 2.29. The molecule has 0 radical (unpaired) electrons. The lowest BCUT2D eigenvalue weighted by Crippen LogP contribution is -2.26. The average Bonchev–Trinajstić information content (AvgIpc) is 2.89. The van der Waals surface area contributed by atoms with Crippen molar-refractivity contribution < 1.29 is 19.4 Å². The van der Waals surface area contributed by atoms with Crippen LogP contribution in [0.2, 0.25) is 0 Å². The number of benzene rings is 1. The van der Waals surface area contributed by atoms with Gasteiger partial charge in [0.15, 0.2) is 0 Å². The molecule has 2 unspecified atom stereocenters. The number of carboxylic acids is 1. The van der Waals surface area contributed by atoms with Gasteiger partial charge in [-0.05, 0) is 28.0 Å². The van der Waals surface area contributed by atoms with E-state index in [1.54, 1.807) is 47.2 Å². The predicted molar refractivity (Wildman–Crippen MR) is 77.8 cm³/mol. The van der Waals surface area contributed by atoms with E-state index in [0.717, 1.165) is 0 Å². The fraction of sp³-hybridized carbons (Fsp3) is 0.154. The second kappa shape index (κ2) is 6.33. The van der Waals surface area contributed by atoms with Crippen molar-refractivity contribution in [3.8, 4) is 0 Å². The molecule has 0 fully saturated rings. The first-order chi connectivity index (χ1) is 9.48. The molecule has 0 spiro atoms. The van der Waals surface area contributed by atoms with Gasteiger partial charge in [-0.25, -0.2) is 5.09 Å². The summed E-state index contributed by atoms with van der Waals surface area (Å²) in [6.07, 6.45) is -0.0902. The highest BCUT2D eigenvalue weighted by Crippen LogP contribution is 2.43. The zero-order valence-corrected chi connectivity index (χ0v) is 12.2. The lowest BCUT2D eigenvalue weighted by Gasteiger charge is -2.19. The van der Waals surface area contributed by atoms with Crippen LogP contribution in [0.1, 0.15) is 17.2 Å². The smallest absolute Gasteiger partial charge is 0.325 e. The SMILES string of the molecule is O=C(O)C(NP(=O)(O)Cc1ccsc1)c1ccccc1. The summed E-state index contributed by atoms with van der Waals surface area (Å²) in [6, 6.07) is 8.89. The van der Waals surface area contributed by atoms with Crippen molar-refractivity contribution in [2.45, 2.75) is 12.2 Å². The molecule has 2 rings (SSSR count). The molecule has 0 saturated carbocycles. The van der Waals surface area contributed by atoms with E-state index in [2.05, 4.69) is 5.09 Å². The maximum atomic E-state index is 12.2. The van der Waals surface area contributed by atoms with Gasteiger partial charge in [0.05, 0.1) is 6.16 Å². The van der Waals surface area contributed by atoms with Crippen LogP contribution >= 0.6 is 18.9 Å². The summed E-state index contributed by atoms with van der Waals surface area (Å²) in [6.45, 7) is 0. The number of carboxylic acid groups (broad SMARTS) is 1. The Morgan fingerprint density at radius 1 is 1.30 bits per heavy atom. The van der Waals surface area contributed by atoms with Gasteiger partial charge in [0, 0.05) is 0 Å². The first-order valence-electron chi connectivity index (χ1n) is 5.86. The summed E-state index contributed by atoms with van der Waals surface area (Å²) in [5.41, 5.74) is 1.16. The lowest BCUT2D eigenvalue weighted by molar-refractivity contribution is -0.139. The molecule has 106 valence electrons. The number of hydrogen-bond donors (Lipinski definition) is 3. The first-order valence-corrected chi connectivity index (χ1v) is 8.65. The zero-order valence-electron chi connectivity index (χ0n) is 10.5. The third-order valence-corrected chi connectivity index (χ3v) is 4.88. The molecular weight excluding hydrogens is 297 g/mol. The number of aliphatic carboxylic acids is 1. The van der Waals surface area contributed by atoms with Gasteiger partial charge in [-0.15, -0.1) is 0 Å². The summed E-state index contributed by atoms with van der Waals surface area (Å²) >= 11 is 1.43. The van der Waals surface area contributed by atoms with Gasteiger partial charge < -0.3 is 10.00 Å². The van der Waals surface area contributed by atoms with Crippen molar-refractivity contribution in [1.29, 1.82) is 0 Å². The summed E-state index contributed by atoms with van der Waals surface area (Å²) in [5, 5.41) is 15.2. The Labute approximate surface area is 120 Å². The number of carbonyl (C=O) groups is 1. The van der Waals surface area contributed by atoms with E-state index >= 15 is 0 Å². The quantitative estimate of drug-likeness (QED) is 0.714. The highest BCUT2D eigenvalue weighted by molar-refractivity contribution is 7.55. The van der Waals surface area contributed by atoms with E-state index in [9.17, 15) is 19.4 Å². The minimum absolute atomic E-state index is 0.0902. The first kappa shape index (κ1) is 14.9. The van der Waals surface area contributed by atoms with Crippen LogP contribution in [0.4, 0.5) is 0 Å².